The van der Waals surface area contributed by atoms with Crippen LogP contribution < -0.4 is 9.80 Å². The van der Waals surface area contributed by atoms with Gasteiger partial charge >= 0.3 is 0 Å². The lowest BCUT2D eigenvalue weighted by molar-refractivity contribution is -0.118. The van der Waals surface area contributed by atoms with E-state index in [-0.39, 0.29) is 5.91 Å². The summed E-state index contributed by atoms with van der Waals surface area (Å²) in [5.41, 5.74) is 2.39. The molecule has 0 unspecified atom stereocenters. The van der Waals surface area contributed by atoms with E-state index in [2.05, 4.69) is 63.3 Å². The number of aryl methyl sites for hydroxylation is 1. The molecular weight excluding hydrogens is 360 g/mol. The molecule has 0 aliphatic carbocycles. The van der Waals surface area contributed by atoms with Gasteiger partial charge in [-0.05, 0) is 29.5 Å². The third-order valence-electron chi connectivity index (χ3n) is 6.16. The van der Waals surface area contributed by atoms with E-state index in [1.54, 1.807) is 0 Å². The Balaban J connectivity index is 1.22. The van der Waals surface area contributed by atoms with Crippen LogP contribution >= 0.6 is 0 Å². The number of fused-ring (bicyclic) bond motifs is 2. The van der Waals surface area contributed by atoms with Gasteiger partial charge in [-0.25, -0.2) is 4.98 Å². The van der Waals surface area contributed by atoms with Gasteiger partial charge in [0, 0.05) is 63.0 Å². The van der Waals surface area contributed by atoms with Gasteiger partial charge in [0.15, 0.2) is 0 Å². The highest BCUT2D eigenvalue weighted by atomic mass is 16.2. The molecule has 1 fully saturated rings. The predicted molar refractivity (Wildman–Crippen MR) is 118 cm³/mol. The molecule has 1 saturated heterocycles. The van der Waals surface area contributed by atoms with Crippen molar-refractivity contribution >= 4 is 28.2 Å². The number of piperazine rings is 1. The summed E-state index contributed by atoms with van der Waals surface area (Å²) in [5, 5.41) is 2.46. The topological polar surface area (TPSA) is 39.7 Å². The summed E-state index contributed by atoms with van der Waals surface area (Å²) in [6.45, 7) is 5.60. The molecule has 0 spiro atoms. The molecule has 148 valence electrons. The normalized spacial score (nSPS) is 17.6. The number of carbonyl (C=O) groups excluding carboxylic acids is 1. The molecule has 3 heterocycles. The number of hydrogen-bond acceptors (Lipinski definition) is 4. The van der Waals surface area contributed by atoms with Gasteiger partial charge in [-0.2, -0.15) is 0 Å². The van der Waals surface area contributed by atoms with Gasteiger partial charge in [-0.15, -0.1) is 0 Å². The van der Waals surface area contributed by atoms with E-state index in [4.69, 9.17) is 0 Å². The number of pyridine rings is 1. The number of hydrogen-bond donors (Lipinski definition) is 0. The number of anilines is 2. The van der Waals surface area contributed by atoms with Gasteiger partial charge in [-0.1, -0.05) is 42.5 Å². The molecule has 3 aromatic rings. The molecule has 2 aromatic carbocycles. The fraction of sp³-hybridized carbons (Fsp3) is 0.333. The van der Waals surface area contributed by atoms with Crippen molar-refractivity contribution in [2.45, 2.75) is 12.8 Å². The first-order valence-corrected chi connectivity index (χ1v) is 10.5. The molecule has 2 aliphatic rings. The van der Waals surface area contributed by atoms with E-state index in [9.17, 15) is 4.79 Å². The second-order valence-corrected chi connectivity index (χ2v) is 7.86. The van der Waals surface area contributed by atoms with Gasteiger partial charge in [-0.3, -0.25) is 9.69 Å². The van der Waals surface area contributed by atoms with Crippen LogP contribution in [0.5, 0.6) is 0 Å². The fourth-order valence-corrected chi connectivity index (χ4v) is 4.52. The Bertz CT molecular complexity index is 1020. The quantitative estimate of drug-likeness (QED) is 0.690. The minimum absolute atomic E-state index is 0.252. The lowest BCUT2D eigenvalue weighted by Gasteiger charge is -2.37. The molecule has 0 bridgehead atoms. The van der Waals surface area contributed by atoms with Crippen LogP contribution in [-0.2, 0) is 11.2 Å². The summed E-state index contributed by atoms with van der Waals surface area (Å²) in [4.78, 5) is 24.0. The van der Waals surface area contributed by atoms with Crippen LogP contribution in [0.3, 0.4) is 0 Å². The van der Waals surface area contributed by atoms with Crippen LogP contribution in [-0.4, -0.2) is 55.1 Å². The molecule has 2 aliphatic heterocycles. The van der Waals surface area contributed by atoms with Crippen molar-refractivity contribution in [1.29, 1.82) is 0 Å². The second-order valence-electron chi connectivity index (χ2n) is 7.86. The summed E-state index contributed by atoms with van der Waals surface area (Å²) < 4.78 is 0. The molecule has 1 aromatic heterocycles. The van der Waals surface area contributed by atoms with Crippen molar-refractivity contribution < 1.29 is 4.79 Å². The van der Waals surface area contributed by atoms with Gasteiger partial charge in [0.05, 0.1) is 0 Å². The van der Waals surface area contributed by atoms with Crippen LogP contribution in [0.4, 0.5) is 11.5 Å². The number of aromatic nitrogens is 1. The third kappa shape index (κ3) is 3.58. The molecule has 29 heavy (non-hydrogen) atoms. The largest absolute Gasteiger partial charge is 0.354 e. The average Bonchev–Trinajstić information content (AvgIpc) is 2.78. The SMILES string of the molecule is O=C1CCc2ccccc2N1CCN1CCN(c2nccc3ccccc23)CC1. The van der Waals surface area contributed by atoms with Gasteiger partial charge in [0.25, 0.3) is 0 Å². The standard InChI is InChI=1S/C24H26N4O/c29-23-10-9-20-6-2-4-8-22(20)28(23)18-15-26-13-16-27(17-14-26)24-21-7-3-1-5-19(21)11-12-25-24/h1-8,11-12H,9-10,13-18H2. The highest BCUT2D eigenvalue weighted by Crippen LogP contribution is 2.28. The Labute approximate surface area is 171 Å². The van der Waals surface area contributed by atoms with E-state index < -0.39 is 0 Å². The number of carbonyl (C=O) groups is 1. The molecular formula is C24H26N4O. The van der Waals surface area contributed by atoms with Crippen LogP contribution in [0.15, 0.2) is 60.8 Å². The summed E-state index contributed by atoms with van der Waals surface area (Å²) in [6, 6.07) is 18.8. The first-order chi connectivity index (χ1) is 14.3. The van der Waals surface area contributed by atoms with Crippen LogP contribution in [0.25, 0.3) is 10.8 Å². The fourth-order valence-electron chi connectivity index (χ4n) is 4.52. The van der Waals surface area contributed by atoms with Crippen molar-refractivity contribution in [2.24, 2.45) is 0 Å². The maximum absolute atomic E-state index is 12.5. The Morgan fingerprint density at radius 2 is 1.62 bits per heavy atom. The molecule has 0 N–H and O–H groups in total. The Kier molecular flexibility index (Phi) is 4.90. The molecule has 5 rings (SSSR count). The Hall–Kier alpha value is -2.92. The number of para-hydroxylation sites is 1. The molecule has 0 atom stereocenters. The zero-order valence-electron chi connectivity index (χ0n) is 16.6. The molecule has 0 radical (unpaired) electrons. The van der Waals surface area contributed by atoms with Crippen molar-refractivity contribution in [3.05, 3.63) is 66.4 Å². The summed E-state index contributed by atoms with van der Waals surface area (Å²) in [5.74, 6) is 1.34. The Morgan fingerprint density at radius 1 is 0.828 bits per heavy atom. The van der Waals surface area contributed by atoms with Crippen molar-refractivity contribution in [3.8, 4) is 0 Å². The van der Waals surface area contributed by atoms with E-state index in [0.717, 1.165) is 57.2 Å². The van der Waals surface area contributed by atoms with E-state index in [0.29, 0.717) is 6.42 Å². The van der Waals surface area contributed by atoms with E-state index in [1.165, 1.54) is 16.3 Å². The number of amides is 1. The van der Waals surface area contributed by atoms with E-state index >= 15 is 0 Å². The van der Waals surface area contributed by atoms with Crippen molar-refractivity contribution in [2.75, 3.05) is 49.1 Å². The van der Waals surface area contributed by atoms with Crippen LogP contribution in [0, 0.1) is 0 Å². The average molecular weight is 386 g/mol. The van der Waals surface area contributed by atoms with Gasteiger partial charge < -0.3 is 9.80 Å². The van der Waals surface area contributed by atoms with Crippen LogP contribution in [0.1, 0.15) is 12.0 Å². The molecule has 5 heteroatoms. The number of rotatable bonds is 4. The minimum Gasteiger partial charge on any atom is -0.354 e. The van der Waals surface area contributed by atoms with Gasteiger partial charge in [0.1, 0.15) is 5.82 Å². The number of nitrogens with zero attached hydrogens (tertiary/aromatic N) is 4. The maximum atomic E-state index is 12.5. The first-order valence-electron chi connectivity index (χ1n) is 10.5. The smallest absolute Gasteiger partial charge is 0.227 e. The molecule has 5 nitrogen and oxygen atoms in total. The number of benzene rings is 2. The summed E-state index contributed by atoms with van der Waals surface area (Å²) in [7, 11) is 0. The zero-order valence-corrected chi connectivity index (χ0v) is 16.6. The third-order valence-corrected chi connectivity index (χ3v) is 6.16. The van der Waals surface area contributed by atoms with Crippen molar-refractivity contribution in [1.82, 2.24) is 9.88 Å². The summed E-state index contributed by atoms with van der Waals surface area (Å²) in [6.07, 6.45) is 3.39. The minimum atomic E-state index is 0.252. The lowest BCUT2D eigenvalue weighted by Crippen LogP contribution is -2.49. The second kappa shape index (κ2) is 7.84. The van der Waals surface area contributed by atoms with Gasteiger partial charge in [0.2, 0.25) is 5.91 Å². The monoisotopic (exact) mass is 386 g/mol. The first kappa shape index (κ1) is 18.1. The highest BCUT2D eigenvalue weighted by Gasteiger charge is 2.25. The van der Waals surface area contributed by atoms with E-state index in [1.807, 2.05) is 17.2 Å². The zero-order chi connectivity index (χ0) is 19.6. The molecule has 1 amide bonds. The molecule has 0 saturated carbocycles. The summed E-state index contributed by atoms with van der Waals surface area (Å²) >= 11 is 0. The lowest BCUT2D eigenvalue weighted by atomic mass is 10.0. The highest BCUT2D eigenvalue weighted by molar-refractivity contribution is 5.96. The van der Waals surface area contributed by atoms with Crippen molar-refractivity contribution in [3.63, 3.8) is 0 Å². The predicted octanol–water partition coefficient (Wildman–Crippen LogP) is 3.34. The van der Waals surface area contributed by atoms with Crippen LogP contribution in [0.2, 0.25) is 0 Å². The maximum Gasteiger partial charge on any atom is 0.227 e. The Morgan fingerprint density at radius 3 is 2.52 bits per heavy atom.